The summed E-state index contributed by atoms with van der Waals surface area (Å²) in [5.74, 6) is -3.68. The number of carbonyl (C=O) groups is 3. The van der Waals surface area contributed by atoms with Gasteiger partial charge in [-0.3, -0.25) is 19.1 Å². The zero-order valence-corrected chi connectivity index (χ0v) is 19.8. The van der Waals surface area contributed by atoms with E-state index in [9.17, 15) is 23.2 Å². The highest BCUT2D eigenvalue weighted by Gasteiger charge is 2.41. The quantitative estimate of drug-likeness (QED) is 0.677. The Labute approximate surface area is 196 Å². The molecule has 1 aromatic carbocycles. The standard InChI is InChI=1S/C23H30F2N6O3/c1-23(2,3)18-13-17(29(4)28-18)22(34)31-9-5-8-30(20(31)19(32)27-7-6-26)21(33)14-10-15(24)12-16(25)11-14/h10-13,20H,5-9,26H2,1-4H3,(H,27,32). The molecule has 2 aromatic rings. The van der Waals surface area contributed by atoms with Gasteiger partial charge in [-0.15, -0.1) is 0 Å². The summed E-state index contributed by atoms with van der Waals surface area (Å²) in [4.78, 5) is 42.3. The number of hydrogen-bond donors (Lipinski definition) is 2. The third-order valence-electron chi connectivity index (χ3n) is 5.57. The summed E-state index contributed by atoms with van der Waals surface area (Å²) in [6.07, 6.45) is -0.945. The van der Waals surface area contributed by atoms with Crippen molar-refractivity contribution in [1.82, 2.24) is 24.9 Å². The van der Waals surface area contributed by atoms with Gasteiger partial charge < -0.3 is 20.9 Å². The van der Waals surface area contributed by atoms with Gasteiger partial charge in [-0.25, -0.2) is 8.78 Å². The highest BCUT2D eigenvalue weighted by molar-refractivity contribution is 6.01. The number of halogens is 2. The number of carbonyl (C=O) groups excluding carboxylic acids is 3. The van der Waals surface area contributed by atoms with Gasteiger partial charge in [-0.05, 0) is 24.6 Å². The van der Waals surface area contributed by atoms with Crippen LogP contribution in [0.2, 0.25) is 0 Å². The average molecular weight is 477 g/mol. The molecule has 1 atom stereocenters. The zero-order chi connectivity index (χ0) is 25.2. The summed E-state index contributed by atoms with van der Waals surface area (Å²) in [5, 5.41) is 7.05. The van der Waals surface area contributed by atoms with Crippen molar-refractivity contribution in [2.24, 2.45) is 12.8 Å². The average Bonchev–Trinajstić information content (AvgIpc) is 3.17. The van der Waals surface area contributed by atoms with Gasteiger partial charge in [0.15, 0.2) is 6.17 Å². The molecule has 1 fully saturated rings. The molecule has 1 aliphatic heterocycles. The minimum Gasteiger partial charge on any atom is -0.351 e. The van der Waals surface area contributed by atoms with E-state index in [4.69, 9.17) is 5.73 Å². The molecule has 3 rings (SSSR count). The Morgan fingerprint density at radius 1 is 1.06 bits per heavy atom. The smallest absolute Gasteiger partial charge is 0.274 e. The molecule has 3 amide bonds. The van der Waals surface area contributed by atoms with Crippen molar-refractivity contribution in [3.05, 3.63) is 52.9 Å². The Kier molecular flexibility index (Phi) is 7.35. The number of aromatic nitrogens is 2. The van der Waals surface area contributed by atoms with Crippen molar-refractivity contribution >= 4 is 17.7 Å². The Bertz CT molecular complexity index is 1070. The maximum atomic E-state index is 13.8. The van der Waals surface area contributed by atoms with Crippen molar-refractivity contribution in [3.8, 4) is 0 Å². The summed E-state index contributed by atoms with van der Waals surface area (Å²) in [5.41, 5.74) is 5.90. The lowest BCUT2D eigenvalue weighted by Gasteiger charge is -2.42. The molecule has 1 aliphatic rings. The van der Waals surface area contributed by atoms with Gasteiger partial charge in [0.25, 0.3) is 17.7 Å². The highest BCUT2D eigenvalue weighted by atomic mass is 19.1. The molecule has 0 spiro atoms. The molecule has 3 N–H and O–H groups in total. The molecule has 9 nitrogen and oxygen atoms in total. The zero-order valence-electron chi connectivity index (χ0n) is 19.8. The molecule has 34 heavy (non-hydrogen) atoms. The Morgan fingerprint density at radius 2 is 1.65 bits per heavy atom. The molecule has 2 heterocycles. The van der Waals surface area contributed by atoms with E-state index in [0.29, 0.717) is 18.2 Å². The van der Waals surface area contributed by atoms with Crippen molar-refractivity contribution < 1.29 is 23.2 Å². The van der Waals surface area contributed by atoms with Crippen LogP contribution < -0.4 is 11.1 Å². The second-order valence-corrected chi connectivity index (χ2v) is 9.25. The van der Waals surface area contributed by atoms with Crippen LogP contribution in [0.25, 0.3) is 0 Å². The van der Waals surface area contributed by atoms with E-state index in [2.05, 4.69) is 10.4 Å². The van der Waals surface area contributed by atoms with E-state index in [1.54, 1.807) is 13.1 Å². The number of rotatable bonds is 5. The van der Waals surface area contributed by atoms with Crippen LogP contribution in [0.15, 0.2) is 24.3 Å². The monoisotopic (exact) mass is 476 g/mol. The predicted molar refractivity (Wildman–Crippen MR) is 121 cm³/mol. The maximum absolute atomic E-state index is 13.8. The van der Waals surface area contributed by atoms with Crippen LogP contribution in [0.5, 0.6) is 0 Å². The molecule has 0 aliphatic carbocycles. The van der Waals surface area contributed by atoms with Gasteiger partial charge in [-0.2, -0.15) is 5.10 Å². The summed E-state index contributed by atoms with van der Waals surface area (Å²) >= 11 is 0. The number of nitrogens with zero attached hydrogens (tertiary/aromatic N) is 4. The normalized spacial score (nSPS) is 16.5. The van der Waals surface area contributed by atoms with E-state index < -0.39 is 35.5 Å². The SMILES string of the molecule is Cn1nc(C(C)(C)C)cc1C(=O)N1CCCN(C(=O)c2cc(F)cc(F)c2)C1C(=O)NCCN. The number of nitrogens with one attached hydrogen (secondary N) is 1. The predicted octanol–water partition coefficient (Wildman–Crippen LogP) is 1.39. The van der Waals surface area contributed by atoms with Crippen LogP contribution in [0, 0.1) is 11.6 Å². The number of hydrogen-bond acceptors (Lipinski definition) is 5. The summed E-state index contributed by atoms with van der Waals surface area (Å²) in [6, 6.07) is 4.12. The molecule has 11 heteroatoms. The molecule has 1 aromatic heterocycles. The fourth-order valence-electron chi connectivity index (χ4n) is 3.84. The minimum atomic E-state index is -1.32. The first-order chi connectivity index (χ1) is 15.9. The number of aryl methyl sites for hydroxylation is 1. The van der Waals surface area contributed by atoms with Gasteiger partial charge in [0.05, 0.1) is 5.69 Å². The fraction of sp³-hybridized carbons (Fsp3) is 0.478. The van der Waals surface area contributed by atoms with Crippen LogP contribution in [0.3, 0.4) is 0 Å². The molecule has 184 valence electrons. The molecular weight excluding hydrogens is 446 g/mol. The van der Waals surface area contributed by atoms with E-state index in [0.717, 1.165) is 17.0 Å². The number of amides is 3. The Hall–Kier alpha value is -3.34. The third-order valence-corrected chi connectivity index (χ3v) is 5.57. The lowest BCUT2D eigenvalue weighted by molar-refractivity contribution is -0.132. The van der Waals surface area contributed by atoms with Gasteiger partial charge in [0.1, 0.15) is 17.3 Å². The molecule has 1 unspecified atom stereocenters. The number of nitrogens with two attached hydrogens (primary N) is 1. The first-order valence-electron chi connectivity index (χ1n) is 11.0. The fourth-order valence-corrected chi connectivity index (χ4v) is 3.84. The first-order valence-corrected chi connectivity index (χ1v) is 11.0. The second-order valence-electron chi connectivity index (χ2n) is 9.25. The summed E-state index contributed by atoms with van der Waals surface area (Å²) in [6.45, 7) is 6.52. The van der Waals surface area contributed by atoms with Gasteiger partial charge >= 0.3 is 0 Å². The third kappa shape index (κ3) is 5.24. The van der Waals surface area contributed by atoms with E-state index in [-0.39, 0.29) is 42.9 Å². The largest absolute Gasteiger partial charge is 0.351 e. The van der Waals surface area contributed by atoms with E-state index >= 15 is 0 Å². The highest BCUT2D eigenvalue weighted by Crippen LogP contribution is 2.25. The summed E-state index contributed by atoms with van der Waals surface area (Å²) in [7, 11) is 1.63. The van der Waals surface area contributed by atoms with Gasteiger partial charge in [-0.1, -0.05) is 20.8 Å². The first kappa shape index (κ1) is 25.3. The molecular formula is C23H30F2N6O3. The van der Waals surface area contributed by atoms with Crippen LogP contribution in [-0.4, -0.2) is 69.6 Å². The Balaban J connectivity index is 2.00. The van der Waals surface area contributed by atoms with Gasteiger partial charge in [0.2, 0.25) is 0 Å². The van der Waals surface area contributed by atoms with Crippen LogP contribution >= 0.6 is 0 Å². The van der Waals surface area contributed by atoms with Crippen LogP contribution in [0.4, 0.5) is 8.78 Å². The Morgan fingerprint density at radius 3 is 2.18 bits per heavy atom. The molecule has 1 saturated heterocycles. The topological polar surface area (TPSA) is 114 Å². The molecule has 0 bridgehead atoms. The number of benzene rings is 1. The van der Waals surface area contributed by atoms with E-state index in [1.165, 1.54) is 9.58 Å². The lowest BCUT2D eigenvalue weighted by atomic mass is 9.92. The molecule has 0 radical (unpaired) electrons. The maximum Gasteiger partial charge on any atom is 0.274 e. The molecule has 0 saturated carbocycles. The van der Waals surface area contributed by atoms with Crippen molar-refractivity contribution in [2.45, 2.75) is 38.8 Å². The van der Waals surface area contributed by atoms with Crippen LogP contribution in [-0.2, 0) is 17.3 Å². The lowest BCUT2D eigenvalue weighted by Crippen LogP contribution is -2.64. The van der Waals surface area contributed by atoms with Crippen molar-refractivity contribution in [1.29, 1.82) is 0 Å². The van der Waals surface area contributed by atoms with E-state index in [1.807, 2.05) is 20.8 Å². The second kappa shape index (κ2) is 9.88. The van der Waals surface area contributed by atoms with Gasteiger partial charge in [0, 0.05) is 50.3 Å². The minimum absolute atomic E-state index is 0.125. The van der Waals surface area contributed by atoms with Crippen molar-refractivity contribution in [3.63, 3.8) is 0 Å². The van der Waals surface area contributed by atoms with Crippen LogP contribution in [0.1, 0.15) is 53.7 Å². The van der Waals surface area contributed by atoms with Crippen molar-refractivity contribution in [2.75, 3.05) is 26.2 Å². The summed E-state index contributed by atoms with van der Waals surface area (Å²) < 4.78 is 29.0.